The summed E-state index contributed by atoms with van der Waals surface area (Å²) in [4.78, 5) is 0. The molecule has 92 valence electrons. The standard InChI is InChI=1S/C14H9F3O/c1-8-6-13-10(7-11(8)14(15,16)17)9-4-2-3-5-12(9)18-13/h2-7H,1H3. The summed E-state index contributed by atoms with van der Waals surface area (Å²) >= 11 is 0. The molecule has 0 spiro atoms. The maximum absolute atomic E-state index is 12.9. The van der Waals surface area contributed by atoms with Crippen LogP contribution in [0.5, 0.6) is 0 Å². The molecule has 3 rings (SSSR count). The van der Waals surface area contributed by atoms with Gasteiger partial charge in [0, 0.05) is 10.8 Å². The van der Waals surface area contributed by atoms with E-state index in [0.717, 1.165) is 6.07 Å². The molecule has 18 heavy (non-hydrogen) atoms. The van der Waals surface area contributed by atoms with E-state index in [0.29, 0.717) is 21.9 Å². The Morgan fingerprint density at radius 3 is 2.39 bits per heavy atom. The zero-order valence-corrected chi connectivity index (χ0v) is 9.51. The van der Waals surface area contributed by atoms with Gasteiger partial charge in [-0.15, -0.1) is 0 Å². The fourth-order valence-corrected chi connectivity index (χ4v) is 2.18. The van der Waals surface area contributed by atoms with Gasteiger partial charge in [0.2, 0.25) is 0 Å². The van der Waals surface area contributed by atoms with Gasteiger partial charge in [0.05, 0.1) is 5.56 Å². The Balaban J connectivity index is 2.43. The summed E-state index contributed by atoms with van der Waals surface area (Å²) in [7, 11) is 0. The Kier molecular flexibility index (Phi) is 2.17. The predicted molar refractivity (Wildman–Crippen MR) is 63.5 cm³/mol. The quantitative estimate of drug-likeness (QED) is 0.552. The number of hydrogen-bond acceptors (Lipinski definition) is 1. The molecule has 0 aliphatic rings. The number of alkyl halides is 3. The van der Waals surface area contributed by atoms with E-state index in [1.54, 1.807) is 24.3 Å². The lowest BCUT2D eigenvalue weighted by atomic mass is 10.0. The maximum Gasteiger partial charge on any atom is 0.416 e. The summed E-state index contributed by atoms with van der Waals surface area (Å²) in [5, 5.41) is 1.21. The largest absolute Gasteiger partial charge is 0.456 e. The first-order valence-electron chi connectivity index (χ1n) is 5.46. The number of aryl methyl sites for hydroxylation is 1. The van der Waals surface area contributed by atoms with Crippen molar-refractivity contribution in [3.63, 3.8) is 0 Å². The second kappa shape index (κ2) is 3.51. The van der Waals surface area contributed by atoms with E-state index in [4.69, 9.17) is 4.42 Å². The number of halogens is 3. The highest BCUT2D eigenvalue weighted by Gasteiger charge is 2.33. The van der Waals surface area contributed by atoms with Gasteiger partial charge >= 0.3 is 6.18 Å². The second-order valence-corrected chi connectivity index (χ2v) is 4.26. The fourth-order valence-electron chi connectivity index (χ4n) is 2.18. The molecule has 1 aromatic heterocycles. The van der Waals surface area contributed by atoms with E-state index in [1.165, 1.54) is 13.0 Å². The van der Waals surface area contributed by atoms with E-state index < -0.39 is 11.7 Å². The predicted octanol–water partition coefficient (Wildman–Crippen LogP) is 4.91. The van der Waals surface area contributed by atoms with Crippen LogP contribution in [0.25, 0.3) is 21.9 Å². The highest BCUT2D eigenvalue weighted by atomic mass is 19.4. The molecule has 0 saturated carbocycles. The van der Waals surface area contributed by atoms with Crippen molar-refractivity contribution in [3.05, 3.63) is 47.5 Å². The number of benzene rings is 2. The van der Waals surface area contributed by atoms with Crippen molar-refractivity contribution < 1.29 is 17.6 Å². The van der Waals surface area contributed by atoms with Gasteiger partial charge in [-0.05, 0) is 30.7 Å². The van der Waals surface area contributed by atoms with Crippen molar-refractivity contribution >= 4 is 21.9 Å². The fraction of sp³-hybridized carbons (Fsp3) is 0.143. The van der Waals surface area contributed by atoms with E-state index in [-0.39, 0.29) is 5.56 Å². The molecule has 0 unspecified atom stereocenters. The third-order valence-corrected chi connectivity index (χ3v) is 3.03. The van der Waals surface area contributed by atoms with Crippen molar-refractivity contribution in [1.82, 2.24) is 0 Å². The summed E-state index contributed by atoms with van der Waals surface area (Å²) < 4.78 is 44.1. The molecule has 0 fully saturated rings. The van der Waals surface area contributed by atoms with Crippen LogP contribution in [0.4, 0.5) is 13.2 Å². The Morgan fingerprint density at radius 1 is 0.944 bits per heavy atom. The minimum absolute atomic E-state index is 0.175. The van der Waals surface area contributed by atoms with Crippen LogP contribution < -0.4 is 0 Å². The third-order valence-electron chi connectivity index (χ3n) is 3.03. The normalized spacial score (nSPS) is 12.4. The van der Waals surface area contributed by atoms with Crippen LogP contribution in [-0.2, 0) is 6.18 Å². The zero-order chi connectivity index (χ0) is 12.9. The van der Waals surface area contributed by atoms with E-state index in [9.17, 15) is 13.2 Å². The molecule has 0 N–H and O–H groups in total. The smallest absolute Gasteiger partial charge is 0.416 e. The van der Waals surface area contributed by atoms with Gasteiger partial charge in [0.25, 0.3) is 0 Å². The molecule has 3 aromatic rings. The zero-order valence-electron chi connectivity index (χ0n) is 9.51. The first-order valence-corrected chi connectivity index (χ1v) is 5.46. The molecule has 1 nitrogen and oxygen atoms in total. The van der Waals surface area contributed by atoms with E-state index >= 15 is 0 Å². The SMILES string of the molecule is Cc1cc2oc3ccccc3c2cc1C(F)(F)F. The third kappa shape index (κ3) is 1.56. The molecule has 0 amide bonds. The number of rotatable bonds is 0. The average Bonchev–Trinajstić information content (AvgIpc) is 2.63. The Hall–Kier alpha value is -1.97. The van der Waals surface area contributed by atoms with Gasteiger partial charge in [-0.25, -0.2) is 0 Å². The molecular weight excluding hydrogens is 241 g/mol. The molecule has 0 aliphatic heterocycles. The molecule has 4 heteroatoms. The summed E-state index contributed by atoms with van der Waals surface area (Å²) in [6, 6.07) is 9.69. The lowest BCUT2D eigenvalue weighted by Gasteiger charge is -2.09. The summed E-state index contributed by atoms with van der Waals surface area (Å²) in [5.41, 5.74) is 0.656. The average molecular weight is 250 g/mol. The number of furan rings is 1. The lowest BCUT2D eigenvalue weighted by Crippen LogP contribution is -2.06. The molecule has 2 aromatic carbocycles. The van der Waals surface area contributed by atoms with Crippen LogP contribution >= 0.6 is 0 Å². The van der Waals surface area contributed by atoms with Gasteiger partial charge in [-0.1, -0.05) is 18.2 Å². The first kappa shape index (κ1) is 11.1. The van der Waals surface area contributed by atoms with Crippen LogP contribution in [0.3, 0.4) is 0 Å². The number of fused-ring (bicyclic) bond motifs is 3. The summed E-state index contributed by atoms with van der Waals surface area (Å²) in [5.74, 6) is 0. The Morgan fingerprint density at radius 2 is 1.67 bits per heavy atom. The summed E-state index contributed by atoms with van der Waals surface area (Å²) in [6.07, 6.45) is -4.34. The molecule has 0 saturated heterocycles. The Bertz CT molecular complexity index is 738. The topological polar surface area (TPSA) is 13.1 Å². The van der Waals surface area contributed by atoms with Gasteiger partial charge in [-0.3, -0.25) is 0 Å². The van der Waals surface area contributed by atoms with E-state index in [2.05, 4.69) is 0 Å². The maximum atomic E-state index is 12.9. The highest BCUT2D eigenvalue weighted by Crippen LogP contribution is 2.37. The highest BCUT2D eigenvalue weighted by molar-refractivity contribution is 6.05. The van der Waals surface area contributed by atoms with Crippen LogP contribution in [0.1, 0.15) is 11.1 Å². The Labute approximate surface area is 101 Å². The monoisotopic (exact) mass is 250 g/mol. The molecule has 1 heterocycles. The molecule has 0 aliphatic carbocycles. The van der Waals surface area contributed by atoms with Crippen molar-refractivity contribution in [3.8, 4) is 0 Å². The van der Waals surface area contributed by atoms with Crippen LogP contribution in [0.2, 0.25) is 0 Å². The van der Waals surface area contributed by atoms with E-state index in [1.807, 2.05) is 0 Å². The van der Waals surface area contributed by atoms with Gasteiger partial charge in [-0.2, -0.15) is 13.2 Å². The first-order chi connectivity index (χ1) is 8.47. The van der Waals surface area contributed by atoms with Crippen LogP contribution in [-0.4, -0.2) is 0 Å². The molecule has 0 radical (unpaired) electrons. The molecular formula is C14H9F3O. The summed E-state index contributed by atoms with van der Waals surface area (Å²) in [6.45, 7) is 1.44. The number of para-hydroxylation sites is 1. The van der Waals surface area contributed by atoms with Crippen molar-refractivity contribution in [1.29, 1.82) is 0 Å². The lowest BCUT2D eigenvalue weighted by molar-refractivity contribution is -0.137. The molecule has 0 bridgehead atoms. The number of hydrogen-bond donors (Lipinski definition) is 0. The van der Waals surface area contributed by atoms with Crippen molar-refractivity contribution in [2.45, 2.75) is 13.1 Å². The van der Waals surface area contributed by atoms with Crippen LogP contribution in [0.15, 0.2) is 40.8 Å². The van der Waals surface area contributed by atoms with Gasteiger partial charge in [0.1, 0.15) is 11.2 Å². The van der Waals surface area contributed by atoms with Gasteiger partial charge in [0.15, 0.2) is 0 Å². The minimum Gasteiger partial charge on any atom is -0.456 e. The minimum atomic E-state index is -4.34. The van der Waals surface area contributed by atoms with Crippen molar-refractivity contribution in [2.24, 2.45) is 0 Å². The van der Waals surface area contributed by atoms with Crippen molar-refractivity contribution in [2.75, 3.05) is 0 Å². The van der Waals surface area contributed by atoms with Crippen LogP contribution in [0, 0.1) is 6.92 Å². The molecule has 0 atom stereocenters. The second-order valence-electron chi connectivity index (χ2n) is 4.26. The van der Waals surface area contributed by atoms with Gasteiger partial charge < -0.3 is 4.42 Å².